The lowest BCUT2D eigenvalue weighted by Gasteiger charge is -2.14. The fraction of sp³-hybridized carbons (Fsp3) is 0.500. The molecular formula is C14H21NO. The summed E-state index contributed by atoms with van der Waals surface area (Å²) in [5.41, 5.74) is 11.0. The minimum atomic E-state index is 0.229. The molecule has 0 aliphatic rings. The van der Waals surface area contributed by atoms with E-state index in [1.54, 1.807) is 0 Å². The number of ketones is 1. The van der Waals surface area contributed by atoms with E-state index in [0.29, 0.717) is 13.0 Å². The maximum absolute atomic E-state index is 12.1. The van der Waals surface area contributed by atoms with Gasteiger partial charge in [-0.05, 0) is 62.9 Å². The second kappa shape index (κ2) is 5.26. The number of Topliss-reactive ketones (excluding diaryl/α,β-unsaturated/α-hetero) is 1. The molecule has 88 valence electrons. The van der Waals surface area contributed by atoms with E-state index in [1.165, 1.54) is 11.1 Å². The summed E-state index contributed by atoms with van der Waals surface area (Å²) >= 11 is 0. The van der Waals surface area contributed by atoms with Crippen molar-refractivity contribution in [2.24, 2.45) is 5.73 Å². The van der Waals surface area contributed by atoms with E-state index in [-0.39, 0.29) is 5.78 Å². The summed E-state index contributed by atoms with van der Waals surface area (Å²) in [4.78, 5) is 12.1. The summed E-state index contributed by atoms with van der Waals surface area (Å²) < 4.78 is 0. The fourth-order valence-corrected chi connectivity index (χ4v) is 2.02. The number of nitrogens with two attached hydrogens (primary N) is 1. The van der Waals surface area contributed by atoms with Gasteiger partial charge in [0.05, 0.1) is 0 Å². The molecule has 0 unspecified atom stereocenters. The highest BCUT2D eigenvalue weighted by atomic mass is 16.1. The topological polar surface area (TPSA) is 43.1 Å². The molecule has 0 fully saturated rings. The molecule has 0 aromatic heterocycles. The summed E-state index contributed by atoms with van der Waals surface area (Å²) in [6.45, 7) is 8.74. The average molecular weight is 219 g/mol. The van der Waals surface area contributed by atoms with Gasteiger partial charge in [0, 0.05) is 12.0 Å². The Hall–Kier alpha value is -1.15. The van der Waals surface area contributed by atoms with Crippen molar-refractivity contribution in [2.75, 3.05) is 6.54 Å². The van der Waals surface area contributed by atoms with Crippen LogP contribution in [0, 0.1) is 27.7 Å². The standard InChI is InChI=1S/C14H21NO/c1-9-8-10(2)12(4)14(11(9)3)13(16)6-5-7-15/h8H,5-7,15H2,1-4H3. The smallest absolute Gasteiger partial charge is 0.163 e. The Bertz CT molecular complexity index is 381. The Kier molecular flexibility index (Phi) is 4.25. The van der Waals surface area contributed by atoms with Gasteiger partial charge in [-0.25, -0.2) is 0 Å². The van der Waals surface area contributed by atoms with Crippen molar-refractivity contribution in [3.63, 3.8) is 0 Å². The fourth-order valence-electron chi connectivity index (χ4n) is 2.02. The van der Waals surface area contributed by atoms with Crippen LogP contribution in [0.5, 0.6) is 0 Å². The summed E-state index contributed by atoms with van der Waals surface area (Å²) in [5.74, 6) is 0.229. The van der Waals surface area contributed by atoms with Crippen LogP contribution < -0.4 is 5.73 Å². The van der Waals surface area contributed by atoms with Crippen molar-refractivity contribution in [3.05, 3.63) is 33.9 Å². The van der Waals surface area contributed by atoms with E-state index in [2.05, 4.69) is 19.9 Å². The number of hydrogen-bond donors (Lipinski definition) is 1. The van der Waals surface area contributed by atoms with Gasteiger partial charge < -0.3 is 5.73 Å². The highest BCUT2D eigenvalue weighted by Gasteiger charge is 2.14. The normalized spacial score (nSPS) is 10.6. The van der Waals surface area contributed by atoms with Gasteiger partial charge >= 0.3 is 0 Å². The van der Waals surface area contributed by atoms with E-state index in [0.717, 1.165) is 23.1 Å². The van der Waals surface area contributed by atoms with Crippen molar-refractivity contribution in [1.29, 1.82) is 0 Å². The van der Waals surface area contributed by atoms with E-state index in [4.69, 9.17) is 5.73 Å². The molecular weight excluding hydrogens is 198 g/mol. The van der Waals surface area contributed by atoms with Gasteiger partial charge in [-0.3, -0.25) is 4.79 Å². The highest BCUT2D eigenvalue weighted by Crippen LogP contribution is 2.23. The lowest BCUT2D eigenvalue weighted by Crippen LogP contribution is -2.10. The number of rotatable bonds is 4. The van der Waals surface area contributed by atoms with Gasteiger partial charge in [-0.1, -0.05) is 6.07 Å². The third-order valence-electron chi connectivity index (χ3n) is 3.25. The molecule has 0 radical (unpaired) electrons. The molecule has 0 atom stereocenters. The summed E-state index contributed by atoms with van der Waals surface area (Å²) in [5, 5.41) is 0. The molecule has 0 heterocycles. The number of carbonyl (C=O) groups is 1. The molecule has 0 saturated carbocycles. The van der Waals surface area contributed by atoms with Gasteiger partial charge in [0.25, 0.3) is 0 Å². The highest BCUT2D eigenvalue weighted by molar-refractivity contribution is 5.99. The first-order valence-corrected chi connectivity index (χ1v) is 5.79. The van der Waals surface area contributed by atoms with Crippen LogP contribution in [0.4, 0.5) is 0 Å². The first kappa shape index (κ1) is 12.9. The minimum Gasteiger partial charge on any atom is -0.330 e. The van der Waals surface area contributed by atoms with E-state index < -0.39 is 0 Å². The van der Waals surface area contributed by atoms with E-state index in [1.807, 2.05) is 13.8 Å². The van der Waals surface area contributed by atoms with Crippen LogP contribution >= 0.6 is 0 Å². The van der Waals surface area contributed by atoms with Crippen molar-refractivity contribution in [1.82, 2.24) is 0 Å². The number of benzene rings is 1. The molecule has 16 heavy (non-hydrogen) atoms. The van der Waals surface area contributed by atoms with Gasteiger partial charge in [-0.15, -0.1) is 0 Å². The Morgan fingerprint density at radius 2 is 1.62 bits per heavy atom. The summed E-state index contributed by atoms with van der Waals surface area (Å²) in [6.07, 6.45) is 1.33. The van der Waals surface area contributed by atoms with Crippen LogP contribution in [-0.4, -0.2) is 12.3 Å². The first-order valence-electron chi connectivity index (χ1n) is 5.79. The molecule has 1 rings (SSSR count). The van der Waals surface area contributed by atoms with Crippen LogP contribution in [0.3, 0.4) is 0 Å². The second-order valence-corrected chi connectivity index (χ2v) is 4.45. The van der Waals surface area contributed by atoms with Crippen LogP contribution in [0.1, 0.15) is 45.5 Å². The number of hydrogen-bond acceptors (Lipinski definition) is 2. The van der Waals surface area contributed by atoms with Crippen LogP contribution in [-0.2, 0) is 0 Å². The molecule has 2 nitrogen and oxygen atoms in total. The quantitative estimate of drug-likeness (QED) is 0.791. The lowest BCUT2D eigenvalue weighted by atomic mass is 9.90. The molecule has 1 aromatic rings. The van der Waals surface area contributed by atoms with E-state index >= 15 is 0 Å². The van der Waals surface area contributed by atoms with Crippen molar-refractivity contribution < 1.29 is 4.79 Å². The lowest BCUT2D eigenvalue weighted by molar-refractivity contribution is 0.0979. The van der Waals surface area contributed by atoms with Crippen molar-refractivity contribution in [3.8, 4) is 0 Å². The molecule has 0 spiro atoms. The predicted octanol–water partition coefficient (Wildman–Crippen LogP) is 2.84. The maximum Gasteiger partial charge on any atom is 0.163 e. The Morgan fingerprint density at radius 3 is 2.06 bits per heavy atom. The summed E-state index contributed by atoms with van der Waals surface area (Å²) in [6, 6.07) is 2.14. The van der Waals surface area contributed by atoms with Crippen LogP contribution in [0.2, 0.25) is 0 Å². The zero-order valence-electron chi connectivity index (χ0n) is 10.7. The van der Waals surface area contributed by atoms with Crippen LogP contribution in [0.25, 0.3) is 0 Å². The monoisotopic (exact) mass is 219 g/mol. The molecule has 0 amide bonds. The van der Waals surface area contributed by atoms with Gasteiger partial charge in [0.15, 0.2) is 5.78 Å². The molecule has 0 bridgehead atoms. The minimum absolute atomic E-state index is 0.229. The zero-order valence-corrected chi connectivity index (χ0v) is 10.7. The van der Waals surface area contributed by atoms with E-state index in [9.17, 15) is 4.79 Å². The Labute approximate surface area is 97.9 Å². The molecule has 0 saturated heterocycles. The van der Waals surface area contributed by atoms with Gasteiger partial charge in [0.2, 0.25) is 0 Å². The first-order chi connectivity index (χ1) is 7.49. The maximum atomic E-state index is 12.1. The number of aryl methyl sites for hydroxylation is 2. The Balaban J connectivity index is 3.16. The molecule has 0 aliphatic heterocycles. The third-order valence-corrected chi connectivity index (χ3v) is 3.25. The second-order valence-electron chi connectivity index (χ2n) is 4.45. The predicted molar refractivity (Wildman–Crippen MR) is 68.0 cm³/mol. The van der Waals surface area contributed by atoms with Crippen molar-refractivity contribution in [2.45, 2.75) is 40.5 Å². The average Bonchev–Trinajstić information content (AvgIpc) is 2.24. The zero-order chi connectivity index (χ0) is 12.3. The van der Waals surface area contributed by atoms with Crippen LogP contribution in [0.15, 0.2) is 6.07 Å². The summed E-state index contributed by atoms with van der Waals surface area (Å²) in [7, 11) is 0. The third kappa shape index (κ3) is 2.50. The molecule has 2 N–H and O–H groups in total. The molecule has 1 aromatic carbocycles. The van der Waals surface area contributed by atoms with Gasteiger partial charge in [-0.2, -0.15) is 0 Å². The molecule has 0 aliphatic carbocycles. The molecule has 2 heteroatoms. The van der Waals surface area contributed by atoms with Gasteiger partial charge in [0.1, 0.15) is 0 Å². The van der Waals surface area contributed by atoms with Crippen molar-refractivity contribution >= 4 is 5.78 Å². The number of carbonyl (C=O) groups excluding carboxylic acids is 1. The SMILES string of the molecule is Cc1cc(C)c(C)c(C(=O)CCCN)c1C. The largest absolute Gasteiger partial charge is 0.330 e. The Morgan fingerprint density at radius 1 is 1.12 bits per heavy atom.